The van der Waals surface area contributed by atoms with Crippen LogP contribution in [0.5, 0.6) is 0 Å². The molecule has 7 heteroatoms. The number of carbonyl (C=O) groups is 2. The molecule has 1 aromatic rings. The van der Waals surface area contributed by atoms with Gasteiger partial charge >= 0.3 is 5.97 Å². The number of hydrogen-bond acceptors (Lipinski definition) is 5. The second-order valence-corrected chi connectivity index (χ2v) is 6.37. The summed E-state index contributed by atoms with van der Waals surface area (Å²) < 4.78 is 10.0. The van der Waals surface area contributed by atoms with Gasteiger partial charge in [-0.05, 0) is 30.7 Å². The number of amides is 1. The van der Waals surface area contributed by atoms with Crippen LogP contribution in [0.3, 0.4) is 0 Å². The van der Waals surface area contributed by atoms with Gasteiger partial charge in [0.05, 0.1) is 26.7 Å². The van der Waals surface area contributed by atoms with E-state index in [1.807, 2.05) is 0 Å². The molecule has 0 bridgehead atoms. The number of ether oxygens (including phenoxy) is 2. The van der Waals surface area contributed by atoms with Crippen molar-refractivity contribution in [1.29, 1.82) is 0 Å². The van der Waals surface area contributed by atoms with Gasteiger partial charge in [-0.1, -0.05) is 11.6 Å². The molecule has 6 nitrogen and oxygen atoms in total. The minimum absolute atomic E-state index is 0.0949. The predicted molar refractivity (Wildman–Crippen MR) is 95.9 cm³/mol. The van der Waals surface area contributed by atoms with Gasteiger partial charge in [0.1, 0.15) is 0 Å². The van der Waals surface area contributed by atoms with E-state index in [2.05, 4.69) is 9.64 Å². The Balaban J connectivity index is 1.92. The van der Waals surface area contributed by atoms with Crippen LogP contribution in [-0.2, 0) is 14.3 Å². The second kappa shape index (κ2) is 10.4. The number of morpholine rings is 1. The minimum atomic E-state index is -0.318. The quantitative estimate of drug-likeness (QED) is 0.657. The van der Waals surface area contributed by atoms with E-state index in [4.69, 9.17) is 16.3 Å². The molecule has 0 saturated carbocycles. The molecule has 0 spiro atoms. The Bertz CT molecular complexity index is 559. The van der Waals surface area contributed by atoms with E-state index < -0.39 is 0 Å². The van der Waals surface area contributed by atoms with Crippen molar-refractivity contribution in [2.24, 2.45) is 0 Å². The standard InChI is InChI=1S/C18H25ClN2O4/c1-24-17(22)7-10-21(9-2-8-20-11-13-25-14-12-20)18(23)15-3-5-16(19)6-4-15/h3-6H,2,7-14H2,1H3. The largest absolute Gasteiger partial charge is 0.469 e. The van der Waals surface area contributed by atoms with Gasteiger partial charge in [0.15, 0.2) is 0 Å². The van der Waals surface area contributed by atoms with Crippen molar-refractivity contribution in [1.82, 2.24) is 9.80 Å². The van der Waals surface area contributed by atoms with Crippen molar-refractivity contribution in [3.63, 3.8) is 0 Å². The molecule has 0 N–H and O–H groups in total. The van der Waals surface area contributed by atoms with E-state index in [0.29, 0.717) is 23.7 Å². The molecule has 0 aliphatic carbocycles. The molecule has 1 amide bonds. The fourth-order valence-corrected chi connectivity index (χ4v) is 2.85. The van der Waals surface area contributed by atoms with E-state index in [0.717, 1.165) is 39.3 Å². The zero-order valence-electron chi connectivity index (χ0n) is 14.6. The van der Waals surface area contributed by atoms with Gasteiger partial charge in [0, 0.05) is 43.3 Å². The summed E-state index contributed by atoms with van der Waals surface area (Å²) in [7, 11) is 1.35. The number of benzene rings is 1. The monoisotopic (exact) mass is 368 g/mol. The van der Waals surface area contributed by atoms with Gasteiger partial charge in [-0.3, -0.25) is 14.5 Å². The maximum atomic E-state index is 12.7. The molecule has 1 heterocycles. The van der Waals surface area contributed by atoms with Crippen LogP contribution in [0.4, 0.5) is 0 Å². The molecule has 1 aliphatic heterocycles. The van der Waals surface area contributed by atoms with Crippen molar-refractivity contribution in [3.8, 4) is 0 Å². The topological polar surface area (TPSA) is 59.1 Å². The third-order valence-corrected chi connectivity index (χ3v) is 4.45. The molecule has 1 aromatic carbocycles. The van der Waals surface area contributed by atoms with E-state index in [1.54, 1.807) is 29.2 Å². The number of hydrogen-bond donors (Lipinski definition) is 0. The molecule has 0 aromatic heterocycles. The minimum Gasteiger partial charge on any atom is -0.469 e. The third kappa shape index (κ3) is 6.65. The van der Waals surface area contributed by atoms with E-state index >= 15 is 0 Å². The van der Waals surface area contributed by atoms with Crippen molar-refractivity contribution in [2.45, 2.75) is 12.8 Å². The molecular formula is C18H25ClN2O4. The first-order valence-electron chi connectivity index (χ1n) is 8.52. The highest BCUT2D eigenvalue weighted by molar-refractivity contribution is 6.30. The summed E-state index contributed by atoms with van der Waals surface area (Å²) in [5.74, 6) is -0.412. The van der Waals surface area contributed by atoms with Crippen LogP contribution in [0.1, 0.15) is 23.2 Å². The molecule has 25 heavy (non-hydrogen) atoms. The van der Waals surface area contributed by atoms with E-state index in [1.165, 1.54) is 7.11 Å². The van der Waals surface area contributed by atoms with Crippen molar-refractivity contribution < 1.29 is 19.1 Å². The lowest BCUT2D eigenvalue weighted by Crippen LogP contribution is -2.39. The maximum absolute atomic E-state index is 12.7. The average molecular weight is 369 g/mol. The van der Waals surface area contributed by atoms with Gasteiger partial charge < -0.3 is 14.4 Å². The lowest BCUT2D eigenvalue weighted by atomic mass is 10.2. The van der Waals surface area contributed by atoms with Gasteiger partial charge in [0.2, 0.25) is 0 Å². The molecule has 1 aliphatic rings. The first kappa shape index (κ1) is 19.7. The zero-order chi connectivity index (χ0) is 18.1. The molecule has 0 unspecified atom stereocenters. The normalized spacial score (nSPS) is 15.0. The van der Waals surface area contributed by atoms with E-state index in [9.17, 15) is 9.59 Å². The third-order valence-electron chi connectivity index (χ3n) is 4.20. The molecule has 0 atom stereocenters. The van der Waals surface area contributed by atoms with Gasteiger partial charge in [-0.2, -0.15) is 0 Å². The van der Waals surface area contributed by atoms with Crippen LogP contribution in [0.15, 0.2) is 24.3 Å². The summed E-state index contributed by atoms with van der Waals surface area (Å²) in [5.41, 5.74) is 0.570. The fourth-order valence-electron chi connectivity index (χ4n) is 2.73. The smallest absolute Gasteiger partial charge is 0.307 e. The van der Waals surface area contributed by atoms with Crippen molar-refractivity contribution in [2.75, 3.05) is 53.0 Å². The van der Waals surface area contributed by atoms with Crippen LogP contribution in [0, 0.1) is 0 Å². The van der Waals surface area contributed by atoms with Crippen LogP contribution in [0.2, 0.25) is 5.02 Å². The second-order valence-electron chi connectivity index (χ2n) is 5.93. The van der Waals surface area contributed by atoms with Crippen LogP contribution in [-0.4, -0.2) is 74.7 Å². The van der Waals surface area contributed by atoms with Gasteiger partial charge in [-0.15, -0.1) is 0 Å². The molecule has 138 valence electrons. The van der Waals surface area contributed by atoms with Crippen molar-refractivity contribution >= 4 is 23.5 Å². The number of esters is 1. The fraction of sp³-hybridized carbons (Fsp3) is 0.556. The summed E-state index contributed by atoms with van der Waals surface area (Å²) in [5, 5.41) is 0.588. The molecular weight excluding hydrogens is 344 g/mol. The van der Waals surface area contributed by atoms with E-state index in [-0.39, 0.29) is 18.3 Å². The predicted octanol–water partition coefficient (Wildman–Crippen LogP) is 2.07. The summed E-state index contributed by atoms with van der Waals surface area (Å²) in [6.45, 7) is 5.21. The van der Waals surface area contributed by atoms with Crippen LogP contribution < -0.4 is 0 Å². The summed E-state index contributed by atoms with van der Waals surface area (Å²) in [6.07, 6.45) is 1.04. The Morgan fingerprint density at radius 3 is 2.52 bits per heavy atom. The zero-order valence-corrected chi connectivity index (χ0v) is 15.3. The Labute approximate surface area is 153 Å². The summed E-state index contributed by atoms with van der Waals surface area (Å²) >= 11 is 5.89. The number of rotatable bonds is 8. The number of halogens is 1. The highest BCUT2D eigenvalue weighted by Gasteiger charge is 2.18. The lowest BCUT2D eigenvalue weighted by molar-refractivity contribution is -0.140. The molecule has 0 radical (unpaired) electrons. The first-order valence-corrected chi connectivity index (χ1v) is 8.89. The van der Waals surface area contributed by atoms with Crippen LogP contribution in [0.25, 0.3) is 0 Å². The first-order chi connectivity index (χ1) is 12.1. The van der Waals surface area contributed by atoms with Gasteiger partial charge in [-0.25, -0.2) is 0 Å². The Morgan fingerprint density at radius 2 is 1.88 bits per heavy atom. The van der Waals surface area contributed by atoms with Crippen LogP contribution >= 0.6 is 11.6 Å². The molecule has 1 saturated heterocycles. The summed E-state index contributed by atoms with van der Waals surface area (Å²) in [4.78, 5) is 28.2. The number of nitrogens with zero attached hydrogens (tertiary/aromatic N) is 2. The highest BCUT2D eigenvalue weighted by Crippen LogP contribution is 2.12. The Morgan fingerprint density at radius 1 is 1.20 bits per heavy atom. The lowest BCUT2D eigenvalue weighted by Gasteiger charge is -2.28. The highest BCUT2D eigenvalue weighted by atomic mass is 35.5. The number of carbonyl (C=O) groups excluding carboxylic acids is 2. The Hall–Kier alpha value is -1.63. The molecule has 2 rings (SSSR count). The van der Waals surface area contributed by atoms with Crippen molar-refractivity contribution in [3.05, 3.63) is 34.9 Å². The number of methoxy groups -OCH3 is 1. The summed E-state index contributed by atoms with van der Waals surface area (Å²) in [6, 6.07) is 6.80. The molecule has 1 fully saturated rings. The van der Waals surface area contributed by atoms with Gasteiger partial charge in [0.25, 0.3) is 5.91 Å². The SMILES string of the molecule is COC(=O)CCN(CCCN1CCOCC1)C(=O)c1ccc(Cl)cc1. The average Bonchev–Trinajstić information content (AvgIpc) is 2.65. The Kier molecular flexibility index (Phi) is 8.18. The maximum Gasteiger partial charge on any atom is 0.307 e.